The van der Waals surface area contributed by atoms with Gasteiger partial charge in [-0.1, -0.05) is 42.5 Å². The molecule has 0 fully saturated rings. The minimum absolute atomic E-state index is 0.0553. The number of benzene rings is 2. The number of carbonyl (C=O) groups excluding carboxylic acids is 1. The lowest BCUT2D eigenvalue weighted by Gasteiger charge is -2.08. The van der Waals surface area contributed by atoms with Crippen molar-refractivity contribution in [2.75, 3.05) is 6.26 Å². The van der Waals surface area contributed by atoms with Crippen LogP contribution in [0.2, 0.25) is 0 Å². The van der Waals surface area contributed by atoms with E-state index in [-0.39, 0.29) is 5.91 Å². The van der Waals surface area contributed by atoms with Crippen LogP contribution >= 0.6 is 11.8 Å². The molecule has 27 heavy (non-hydrogen) atoms. The van der Waals surface area contributed by atoms with Crippen molar-refractivity contribution in [2.45, 2.75) is 32.7 Å². The van der Waals surface area contributed by atoms with Crippen LogP contribution in [0.3, 0.4) is 0 Å². The number of thioether (sulfide) groups is 1. The second kappa shape index (κ2) is 8.91. The topological polar surface area (TPSA) is 46.9 Å². The average Bonchev–Trinajstić information content (AvgIpc) is 2.94. The third-order valence-electron chi connectivity index (χ3n) is 4.66. The van der Waals surface area contributed by atoms with Gasteiger partial charge in [-0.05, 0) is 43.4 Å². The van der Waals surface area contributed by atoms with Crippen LogP contribution in [0.25, 0.3) is 0 Å². The van der Waals surface area contributed by atoms with E-state index in [1.807, 2.05) is 54.1 Å². The van der Waals surface area contributed by atoms with Gasteiger partial charge in [0.1, 0.15) is 0 Å². The van der Waals surface area contributed by atoms with Crippen molar-refractivity contribution in [2.24, 2.45) is 0 Å². The number of rotatable bonds is 7. The number of hydrogen-bond acceptors (Lipinski definition) is 3. The molecule has 2 aromatic carbocycles. The number of nitrogens with zero attached hydrogens (tertiary/aromatic N) is 2. The van der Waals surface area contributed by atoms with Crippen molar-refractivity contribution in [1.29, 1.82) is 0 Å². The van der Waals surface area contributed by atoms with E-state index < -0.39 is 0 Å². The second-order valence-corrected chi connectivity index (χ2v) is 7.47. The van der Waals surface area contributed by atoms with Gasteiger partial charge in [0.05, 0.1) is 12.2 Å². The summed E-state index contributed by atoms with van der Waals surface area (Å²) in [5.41, 5.74) is 6.26. The van der Waals surface area contributed by atoms with E-state index in [1.54, 1.807) is 11.8 Å². The van der Waals surface area contributed by atoms with Crippen LogP contribution in [0, 0.1) is 13.8 Å². The van der Waals surface area contributed by atoms with Crippen molar-refractivity contribution in [1.82, 2.24) is 15.1 Å². The molecular formula is C22H25N3OS. The lowest BCUT2D eigenvalue weighted by molar-refractivity contribution is 0.0951. The third kappa shape index (κ3) is 4.80. The van der Waals surface area contributed by atoms with Crippen molar-refractivity contribution in [3.05, 3.63) is 88.2 Å². The van der Waals surface area contributed by atoms with E-state index in [2.05, 4.69) is 35.7 Å². The third-order valence-corrected chi connectivity index (χ3v) is 5.28. The van der Waals surface area contributed by atoms with E-state index >= 15 is 0 Å². The Kier molecular flexibility index (Phi) is 6.35. The molecule has 0 atom stereocenters. The summed E-state index contributed by atoms with van der Waals surface area (Å²) in [5, 5.41) is 7.68. The van der Waals surface area contributed by atoms with Crippen LogP contribution in [0.5, 0.6) is 0 Å². The standard InChI is InChI=1S/C22H25N3OS/c1-16-21(17(2)25(24-16)14-18-7-5-4-6-8-18)13-23-22(26)20-11-9-19(10-12-20)15-27-3/h4-12H,13-15H2,1-3H3,(H,23,26). The Hall–Kier alpha value is -2.53. The van der Waals surface area contributed by atoms with E-state index in [0.29, 0.717) is 12.1 Å². The number of hydrogen-bond donors (Lipinski definition) is 1. The molecule has 0 spiro atoms. The normalized spacial score (nSPS) is 10.8. The van der Waals surface area contributed by atoms with E-state index in [4.69, 9.17) is 0 Å². The summed E-state index contributed by atoms with van der Waals surface area (Å²) < 4.78 is 2.00. The summed E-state index contributed by atoms with van der Waals surface area (Å²) >= 11 is 1.77. The fraction of sp³-hybridized carbons (Fsp3) is 0.273. The first-order chi connectivity index (χ1) is 13.1. The van der Waals surface area contributed by atoms with Gasteiger partial charge >= 0.3 is 0 Å². The summed E-state index contributed by atoms with van der Waals surface area (Å²) in [6.07, 6.45) is 2.07. The molecule has 0 aliphatic carbocycles. The van der Waals surface area contributed by atoms with Crippen LogP contribution in [-0.2, 0) is 18.8 Å². The predicted molar refractivity (Wildman–Crippen MR) is 112 cm³/mol. The van der Waals surface area contributed by atoms with Gasteiger partial charge in [0.15, 0.2) is 0 Å². The van der Waals surface area contributed by atoms with Crippen LogP contribution in [0.1, 0.15) is 38.4 Å². The van der Waals surface area contributed by atoms with E-state index in [9.17, 15) is 4.79 Å². The number of aromatic nitrogens is 2. The molecule has 140 valence electrons. The lowest BCUT2D eigenvalue weighted by atomic mass is 10.1. The monoisotopic (exact) mass is 379 g/mol. The van der Waals surface area contributed by atoms with Gasteiger partial charge in [-0.2, -0.15) is 16.9 Å². The predicted octanol–water partition coefficient (Wildman–Crippen LogP) is 4.34. The van der Waals surface area contributed by atoms with Gasteiger partial charge in [-0.15, -0.1) is 0 Å². The van der Waals surface area contributed by atoms with Gasteiger partial charge in [-0.25, -0.2) is 0 Å². The van der Waals surface area contributed by atoms with Gasteiger partial charge < -0.3 is 5.32 Å². The largest absolute Gasteiger partial charge is 0.348 e. The molecule has 1 amide bonds. The van der Waals surface area contributed by atoms with Crippen molar-refractivity contribution in [3.8, 4) is 0 Å². The molecule has 1 heterocycles. The SMILES string of the molecule is CSCc1ccc(C(=O)NCc2c(C)nn(Cc3ccccc3)c2C)cc1. The molecule has 5 heteroatoms. The molecule has 0 saturated heterocycles. The fourth-order valence-corrected chi connectivity index (χ4v) is 3.62. The number of carbonyl (C=O) groups is 1. The molecule has 1 aromatic heterocycles. The molecule has 0 bridgehead atoms. The van der Waals surface area contributed by atoms with Gasteiger partial charge in [-0.3, -0.25) is 9.48 Å². The van der Waals surface area contributed by atoms with Crippen molar-refractivity contribution in [3.63, 3.8) is 0 Å². The number of nitrogens with one attached hydrogen (secondary N) is 1. The molecular weight excluding hydrogens is 354 g/mol. The maximum Gasteiger partial charge on any atom is 0.251 e. The Morgan fingerprint density at radius 1 is 1.04 bits per heavy atom. The summed E-state index contributed by atoms with van der Waals surface area (Å²) in [6.45, 7) is 5.27. The second-order valence-electron chi connectivity index (χ2n) is 6.61. The summed E-state index contributed by atoms with van der Waals surface area (Å²) in [5.74, 6) is 0.904. The van der Waals surface area contributed by atoms with Crippen LogP contribution in [0.15, 0.2) is 54.6 Å². The molecule has 1 N–H and O–H groups in total. The highest BCUT2D eigenvalue weighted by Gasteiger charge is 2.13. The minimum atomic E-state index is -0.0553. The average molecular weight is 380 g/mol. The minimum Gasteiger partial charge on any atom is -0.348 e. The highest BCUT2D eigenvalue weighted by Crippen LogP contribution is 2.15. The summed E-state index contributed by atoms with van der Waals surface area (Å²) in [6, 6.07) is 18.1. The van der Waals surface area contributed by atoms with Crippen LogP contribution < -0.4 is 5.32 Å². The zero-order valence-electron chi connectivity index (χ0n) is 16.0. The highest BCUT2D eigenvalue weighted by molar-refractivity contribution is 7.97. The van der Waals surface area contributed by atoms with Crippen LogP contribution in [0.4, 0.5) is 0 Å². The Morgan fingerprint density at radius 3 is 2.41 bits per heavy atom. The van der Waals surface area contributed by atoms with Gasteiger partial charge in [0, 0.05) is 29.1 Å². The molecule has 0 aliphatic heterocycles. The fourth-order valence-electron chi connectivity index (χ4n) is 3.09. The molecule has 0 radical (unpaired) electrons. The first kappa shape index (κ1) is 19.2. The molecule has 4 nitrogen and oxygen atoms in total. The van der Waals surface area contributed by atoms with Gasteiger partial charge in [0.25, 0.3) is 5.91 Å². The molecule has 0 aliphatic rings. The zero-order chi connectivity index (χ0) is 19.2. The molecule has 0 saturated carbocycles. The Labute approximate surface area is 165 Å². The zero-order valence-corrected chi connectivity index (χ0v) is 16.8. The van der Waals surface area contributed by atoms with Gasteiger partial charge in [0.2, 0.25) is 0 Å². The lowest BCUT2D eigenvalue weighted by Crippen LogP contribution is -2.23. The smallest absolute Gasteiger partial charge is 0.251 e. The summed E-state index contributed by atoms with van der Waals surface area (Å²) in [4.78, 5) is 12.5. The first-order valence-corrected chi connectivity index (χ1v) is 10.4. The molecule has 0 unspecified atom stereocenters. The Morgan fingerprint density at radius 2 is 1.74 bits per heavy atom. The quantitative estimate of drug-likeness (QED) is 0.664. The highest BCUT2D eigenvalue weighted by atomic mass is 32.2. The Bertz CT molecular complexity index is 901. The van der Waals surface area contributed by atoms with E-state index in [1.165, 1.54) is 11.1 Å². The number of aryl methyl sites for hydroxylation is 1. The first-order valence-electron chi connectivity index (χ1n) is 9.01. The maximum absolute atomic E-state index is 12.5. The summed E-state index contributed by atoms with van der Waals surface area (Å²) in [7, 11) is 0. The van der Waals surface area contributed by atoms with E-state index in [0.717, 1.165) is 29.2 Å². The van der Waals surface area contributed by atoms with Crippen LogP contribution in [-0.4, -0.2) is 21.9 Å². The Balaban J connectivity index is 1.66. The molecule has 3 aromatic rings. The molecule has 3 rings (SSSR count). The number of amides is 1. The van der Waals surface area contributed by atoms with Crippen molar-refractivity contribution >= 4 is 17.7 Å². The van der Waals surface area contributed by atoms with Crippen molar-refractivity contribution < 1.29 is 4.79 Å². The maximum atomic E-state index is 12.5.